The maximum Gasteiger partial charge on any atom is 0.0541 e. The molecule has 2 atom stereocenters. The van der Waals surface area contributed by atoms with E-state index in [1.165, 1.54) is 13.0 Å². The number of nitrogens with zero attached hydrogens (tertiary/aromatic N) is 1. The Morgan fingerprint density at radius 3 is 2.25 bits per heavy atom. The van der Waals surface area contributed by atoms with Crippen molar-refractivity contribution in [3.8, 4) is 0 Å². The molecule has 1 aliphatic heterocycles. The van der Waals surface area contributed by atoms with Crippen LogP contribution in [0, 0.1) is 0 Å². The van der Waals surface area contributed by atoms with Gasteiger partial charge in [-0.3, -0.25) is 0 Å². The quantitative estimate of drug-likeness (QED) is 0.776. The molecule has 2 aliphatic rings. The molecule has 1 saturated heterocycles. The topological polar surface area (TPSA) is 35.5 Å². The van der Waals surface area contributed by atoms with E-state index in [2.05, 4.69) is 24.2 Å². The van der Waals surface area contributed by atoms with Crippen LogP contribution < -0.4 is 5.32 Å². The van der Waals surface area contributed by atoms with E-state index < -0.39 is 0 Å². The number of likely N-dealkylation sites (tertiary alicyclic amines) is 1. The summed E-state index contributed by atoms with van der Waals surface area (Å²) in [4.78, 5) is 2.43. The second-order valence-electron chi connectivity index (χ2n) is 5.39. The number of aliphatic hydroxyl groups is 1. The average molecular weight is 249 g/mol. The third kappa shape index (κ3) is 3.59. The number of aliphatic hydroxyl groups excluding tert-OH is 1. The molecule has 2 unspecified atom stereocenters. The van der Waals surface area contributed by atoms with Crippen LogP contribution in [-0.4, -0.2) is 47.8 Å². The summed E-state index contributed by atoms with van der Waals surface area (Å²) in [5.41, 5.74) is 0. The maximum absolute atomic E-state index is 9.44. The van der Waals surface area contributed by atoms with E-state index in [0.717, 1.165) is 31.7 Å². The molecule has 0 amide bonds. The largest absolute Gasteiger partial charge is 0.393 e. The molecule has 0 bridgehead atoms. The summed E-state index contributed by atoms with van der Waals surface area (Å²) < 4.78 is 0. The highest BCUT2D eigenvalue weighted by atomic mass is 35.5. The van der Waals surface area contributed by atoms with Crippen LogP contribution >= 0.6 is 12.4 Å². The molecule has 0 aromatic carbocycles. The van der Waals surface area contributed by atoms with Gasteiger partial charge in [0, 0.05) is 24.7 Å². The van der Waals surface area contributed by atoms with Crippen LogP contribution in [-0.2, 0) is 0 Å². The van der Waals surface area contributed by atoms with E-state index in [9.17, 15) is 5.11 Å². The first-order chi connectivity index (χ1) is 7.15. The average Bonchev–Trinajstić information content (AvgIpc) is 2.50. The number of halogens is 1. The SMILES string of the molecule is CC1CC(NC2CCC(O)CC2)CN1C.Cl. The lowest BCUT2D eigenvalue weighted by Crippen LogP contribution is -2.42. The van der Waals surface area contributed by atoms with Gasteiger partial charge in [-0.05, 0) is 46.1 Å². The molecule has 2 rings (SSSR count). The number of nitrogens with one attached hydrogen (secondary N) is 1. The minimum absolute atomic E-state index is 0. The molecule has 0 aromatic heterocycles. The lowest BCUT2D eigenvalue weighted by molar-refractivity contribution is 0.114. The van der Waals surface area contributed by atoms with Crippen LogP contribution in [0.2, 0.25) is 0 Å². The highest BCUT2D eigenvalue weighted by molar-refractivity contribution is 5.85. The summed E-state index contributed by atoms with van der Waals surface area (Å²) >= 11 is 0. The van der Waals surface area contributed by atoms with Crippen molar-refractivity contribution in [3.63, 3.8) is 0 Å². The first-order valence-electron chi connectivity index (χ1n) is 6.29. The predicted octanol–water partition coefficient (Wildman–Crippen LogP) is 1.39. The van der Waals surface area contributed by atoms with Crippen LogP contribution in [0.3, 0.4) is 0 Å². The monoisotopic (exact) mass is 248 g/mol. The van der Waals surface area contributed by atoms with E-state index in [0.29, 0.717) is 12.1 Å². The van der Waals surface area contributed by atoms with E-state index in [-0.39, 0.29) is 18.5 Å². The fourth-order valence-corrected chi connectivity index (χ4v) is 2.89. The lowest BCUT2D eigenvalue weighted by Gasteiger charge is -2.28. The molecule has 0 spiro atoms. The Balaban J connectivity index is 0.00000128. The Morgan fingerprint density at radius 1 is 1.12 bits per heavy atom. The van der Waals surface area contributed by atoms with Crippen molar-refractivity contribution in [2.24, 2.45) is 0 Å². The van der Waals surface area contributed by atoms with Gasteiger partial charge >= 0.3 is 0 Å². The van der Waals surface area contributed by atoms with Gasteiger partial charge in [-0.15, -0.1) is 12.4 Å². The molecule has 3 nitrogen and oxygen atoms in total. The third-order valence-corrected chi connectivity index (χ3v) is 4.05. The van der Waals surface area contributed by atoms with E-state index in [1.54, 1.807) is 0 Å². The van der Waals surface area contributed by atoms with Gasteiger partial charge < -0.3 is 15.3 Å². The van der Waals surface area contributed by atoms with Gasteiger partial charge in [0.2, 0.25) is 0 Å². The zero-order valence-electron chi connectivity index (χ0n) is 10.4. The molecule has 2 N–H and O–H groups in total. The number of hydrogen-bond donors (Lipinski definition) is 2. The molecule has 96 valence electrons. The molecular formula is C12H25ClN2O. The van der Waals surface area contributed by atoms with Gasteiger partial charge in [0.1, 0.15) is 0 Å². The smallest absolute Gasteiger partial charge is 0.0541 e. The van der Waals surface area contributed by atoms with Gasteiger partial charge in [-0.2, -0.15) is 0 Å². The Kier molecular flexibility index (Phi) is 5.51. The van der Waals surface area contributed by atoms with Crippen molar-refractivity contribution in [2.75, 3.05) is 13.6 Å². The molecule has 4 heteroatoms. The fraction of sp³-hybridized carbons (Fsp3) is 1.00. The fourth-order valence-electron chi connectivity index (χ4n) is 2.89. The maximum atomic E-state index is 9.44. The van der Waals surface area contributed by atoms with Crippen LogP contribution in [0.5, 0.6) is 0 Å². The highest BCUT2D eigenvalue weighted by Crippen LogP contribution is 2.21. The Hall–Kier alpha value is 0.170. The Bertz CT molecular complexity index is 197. The highest BCUT2D eigenvalue weighted by Gasteiger charge is 2.28. The van der Waals surface area contributed by atoms with Crippen LogP contribution in [0.25, 0.3) is 0 Å². The first kappa shape index (κ1) is 14.2. The Labute approximate surface area is 105 Å². The minimum Gasteiger partial charge on any atom is -0.393 e. The van der Waals surface area contributed by atoms with Crippen LogP contribution in [0.15, 0.2) is 0 Å². The van der Waals surface area contributed by atoms with Crippen molar-refractivity contribution in [3.05, 3.63) is 0 Å². The van der Waals surface area contributed by atoms with Crippen molar-refractivity contribution in [1.29, 1.82) is 0 Å². The molecule has 2 fully saturated rings. The summed E-state index contributed by atoms with van der Waals surface area (Å²) in [6.45, 7) is 3.48. The van der Waals surface area contributed by atoms with Crippen molar-refractivity contribution >= 4 is 12.4 Å². The molecule has 1 saturated carbocycles. The summed E-state index contributed by atoms with van der Waals surface area (Å²) in [6, 6.07) is 2.04. The van der Waals surface area contributed by atoms with Crippen LogP contribution in [0.1, 0.15) is 39.0 Å². The predicted molar refractivity (Wildman–Crippen MR) is 69.1 cm³/mol. The molecule has 0 aromatic rings. The molecule has 1 heterocycles. The zero-order valence-corrected chi connectivity index (χ0v) is 11.2. The number of hydrogen-bond acceptors (Lipinski definition) is 3. The minimum atomic E-state index is -0.0341. The van der Waals surface area contributed by atoms with E-state index in [4.69, 9.17) is 0 Å². The van der Waals surface area contributed by atoms with Gasteiger partial charge in [0.05, 0.1) is 6.10 Å². The standard InChI is InChI=1S/C12H24N2O.ClH/c1-9-7-11(8-14(9)2)13-10-3-5-12(15)6-4-10;/h9-13,15H,3-8H2,1-2H3;1H. The molecule has 1 aliphatic carbocycles. The van der Waals surface area contributed by atoms with Gasteiger partial charge in [0.15, 0.2) is 0 Å². The summed E-state index contributed by atoms with van der Waals surface area (Å²) in [5, 5.41) is 13.2. The number of likely N-dealkylation sites (N-methyl/N-ethyl adjacent to an activating group) is 1. The normalized spacial score (nSPS) is 40.7. The summed E-state index contributed by atoms with van der Waals surface area (Å²) in [7, 11) is 2.21. The lowest BCUT2D eigenvalue weighted by atomic mass is 9.92. The van der Waals surface area contributed by atoms with Gasteiger partial charge in [-0.25, -0.2) is 0 Å². The molecular weight excluding hydrogens is 224 g/mol. The summed E-state index contributed by atoms with van der Waals surface area (Å²) in [6.07, 6.45) is 5.50. The second-order valence-corrected chi connectivity index (χ2v) is 5.39. The van der Waals surface area contributed by atoms with E-state index in [1.807, 2.05) is 0 Å². The van der Waals surface area contributed by atoms with Crippen molar-refractivity contribution < 1.29 is 5.11 Å². The first-order valence-corrected chi connectivity index (χ1v) is 6.29. The molecule has 16 heavy (non-hydrogen) atoms. The van der Waals surface area contributed by atoms with Crippen LogP contribution in [0.4, 0.5) is 0 Å². The summed E-state index contributed by atoms with van der Waals surface area (Å²) in [5.74, 6) is 0. The zero-order chi connectivity index (χ0) is 10.8. The third-order valence-electron chi connectivity index (χ3n) is 4.05. The van der Waals surface area contributed by atoms with Crippen molar-refractivity contribution in [1.82, 2.24) is 10.2 Å². The van der Waals surface area contributed by atoms with E-state index >= 15 is 0 Å². The number of rotatable bonds is 2. The molecule has 0 radical (unpaired) electrons. The Morgan fingerprint density at radius 2 is 1.75 bits per heavy atom. The van der Waals surface area contributed by atoms with Crippen molar-refractivity contribution in [2.45, 2.75) is 63.3 Å². The van der Waals surface area contributed by atoms with Gasteiger partial charge in [0.25, 0.3) is 0 Å². The van der Waals surface area contributed by atoms with Gasteiger partial charge in [-0.1, -0.05) is 0 Å². The second kappa shape index (κ2) is 6.20.